The lowest BCUT2D eigenvalue weighted by molar-refractivity contribution is -0.00311. The second kappa shape index (κ2) is 8.14. The minimum atomic E-state index is -0.308. The molecule has 1 fully saturated rings. The first-order valence-electron chi connectivity index (χ1n) is 8.95. The Hall–Kier alpha value is -2.67. The van der Waals surface area contributed by atoms with Gasteiger partial charge >= 0.3 is 0 Å². The third-order valence-electron chi connectivity index (χ3n) is 4.55. The molecule has 0 aliphatic carbocycles. The second-order valence-electron chi connectivity index (χ2n) is 6.43. The molecule has 1 aromatic heterocycles. The van der Waals surface area contributed by atoms with E-state index in [4.69, 9.17) is 10.5 Å². The normalized spacial score (nSPS) is 17.0. The number of carbonyl (C=O) groups excluding carboxylic acids is 1. The smallest absolute Gasteiger partial charge is 0.253 e. The molecule has 7 heteroatoms. The first kappa shape index (κ1) is 18.1. The molecular formula is C19H24N4O3. The van der Waals surface area contributed by atoms with Crippen LogP contribution in [0.1, 0.15) is 36.5 Å². The molecule has 1 amide bonds. The molecule has 1 aromatic carbocycles. The Labute approximate surface area is 152 Å². The first-order valence-corrected chi connectivity index (χ1v) is 8.95. The summed E-state index contributed by atoms with van der Waals surface area (Å²) in [6.07, 6.45) is 3.37. The largest absolute Gasteiger partial charge is 0.376 e. The molecule has 2 aromatic rings. The van der Waals surface area contributed by atoms with Crippen LogP contribution in [0.25, 0.3) is 11.3 Å². The predicted octanol–water partition coefficient (Wildman–Crippen LogP) is 2.05. The summed E-state index contributed by atoms with van der Waals surface area (Å²) in [5.74, 6) is 0.0453. The number of amides is 1. The molecule has 0 bridgehead atoms. The number of hydrogen-bond acceptors (Lipinski definition) is 5. The minimum Gasteiger partial charge on any atom is -0.376 e. The van der Waals surface area contributed by atoms with E-state index in [0.29, 0.717) is 24.3 Å². The maximum atomic E-state index is 12.8. The van der Waals surface area contributed by atoms with Gasteiger partial charge in [0, 0.05) is 36.9 Å². The zero-order chi connectivity index (χ0) is 18.5. The average Bonchev–Trinajstić information content (AvgIpc) is 2.66. The molecule has 3 N–H and O–H groups in total. The summed E-state index contributed by atoms with van der Waals surface area (Å²) < 4.78 is 5.75. The van der Waals surface area contributed by atoms with E-state index in [1.165, 1.54) is 6.07 Å². The third-order valence-corrected chi connectivity index (χ3v) is 4.55. The highest BCUT2D eigenvalue weighted by atomic mass is 16.5. The molecule has 1 saturated heterocycles. The number of ether oxygens (including phenoxy) is 1. The highest BCUT2D eigenvalue weighted by Crippen LogP contribution is 2.19. The lowest BCUT2D eigenvalue weighted by atomic mass is 10.1. The van der Waals surface area contributed by atoms with Crippen LogP contribution in [-0.2, 0) is 4.74 Å². The van der Waals surface area contributed by atoms with E-state index in [-0.39, 0.29) is 23.5 Å². The number of benzene rings is 1. The van der Waals surface area contributed by atoms with Crippen LogP contribution < -0.4 is 11.3 Å². The van der Waals surface area contributed by atoms with Crippen molar-refractivity contribution >= 4 is 11.9 Å². The number of rotatable bonds is 5. The van der Waals surface area contributed by atoms with Gasteiger partial charge in [0.2, 0.25) is 5.95 Å². The zero-order valence-electron chi connectivity index (χ0n) is 14.9. The monoisotopic (exact) mass is 356 g/mol. The maximum absolute atomic E-state index is 12.8. The number of nitrogens with one attached hydrogen (secondary N) is 1. The Kier molecular flexibility index (Phi) is 5.68. The summed E-state index contributed by atoms with van der Waals surface area (Å²) in [4.78, 5) is 32.7. The van der Waals surface area contributed by atoms with Crippen LogP contribution in [0.15, 0.2) is 35.1 Å². The Morgan fingerprint density at radius 1 is 1.35 bits per heavy atom. The van der Waals surface area contributed by atoms with Crippen molar-refractivity contribution in [3.05, 3.63) is 46.2 Å². The summed E-state index contributed by atoms with van der Waals surface area (Å²) in [7, 11) is 0. The summed E-state index contributed by atoms with van der Waals surface area (Å²) in [6.45, 7) is 3.99. The lowest BCUT2D eigenvalue weighted by Crippen LogP contribution is -2.39. The van der Waals surface area contributed by atoms with Gasteiger partial charge in [-0.2, -0.15) is 0 Å². The van der Waals surface area contributed by atoms with Crippen molar-refractivity contribution in [3.63, 3.8) is 0 Å². The molecule has 0 unspecified atom stereocenters. The van der Waals surface area contributed by atoms with Crippen LogP contribution in [0.5, 0.6) is 0 Å². The van der Waals surface area contributed by atoms with Crippen LogP contribution in [-0.4, -0.2) is 46.6 Å². The Bertz CT molecular complexity index is 810. The average molecular weight is 356 g/mol. The zero-order valence-corrected chi connectivity index (χ0v) is 14.9. The lowest BCUT2D eigenvalue weighted by Gasteiger charge is -2.29. The van der Waals surface area contributed by atoms with E-state index in [2.05, 4.69) is 9.97 Å². The van der Waals surface area contributed by atoms with Crippen molar-refractivity contribution in [2.24, 2.45) is 0 Å². The van der Waals surface area contributed by atoms with Crippen LogP contribution in [0.3, 0.4) is 0 Å². The molecule has 138 valence electrons. The predicted molar refractivity (Wildman–Crippen MR) is 99.9 cm³/mol. The Morgan fingerprint density at radius 2 is 2.12 bits per heavy atom. The molecule has 1 atom stereocenters. The van der Waals surface area contributed by atoms with Crippen molar-refractivity contribution in [1.29, 1.82) is 0 Å². The summed E-state index contributed by atoms with van der Waals surface area (Å²) in [5, 5.41) is 0. The van der Waals surface area contributed by atoms with Crippen molar-refractivity contribution in [1.82, 2.24) is 14.9 Å². The molecule has 0 saturated carbocycles. The number of carbonyl (C=O) groups is 1. The van der Waals surface area contributed by atoms with Gasteiger partial charge < -0.3 is 15.4 Å². The van der Waals surface area contributed by atoms with E-state index >= 15 is 0 Å². The van der Waals surface area contributed by atoms with Gasteiger partial charge in [-0.1, -0.05) is 12.1 Å². The second-order valence-corrected chi connectivity index (χ2v) is 6.43. The van der Waals surface area contributed by atoms with E-state index in [0.717, 1.165) is 31.4 Å². The van der Waals surface area contributed by atoms with Crippen LogP contribution >= 0.6 is 0 Å². The Morgan fingerprint density at radius 3 is 2.73 bits per heavy atom. The highest BCUT2D eigenvalue weighted by Gasteiger charge is 2.21. The number of likely N-dealkylation sites (N-methyl/N-ethyl adjacent to an activating group) is 1. The SMILES string of the molecule is CCN(C[C@H]1CCCCO1)C(=O)c1ccc(-c2cc(=O)[nH]c(N)n2)cc1. The van der Waals surface area contributed by atoms with Gasteiger partial charge in [-0.3, -0.25) is 14.6 Å². The Balaban J connectivity index is 1.73. The molecule has 7 nitrogen and oxygen atoms in total. The van der Waals surface area contributed by atoms with E-state index in [1.807, 2.05) is 11.8 Å². The van der Waals surface area contributed by atoms with Gasteiger partial charge in [-0.05, 0) is 38.3 Å². The van der Waals surface area contributed by atoms with E-state index in [1.54, 1.807) is 24.3 Å². The molecule has 1 aliphatic rings. The number of H-pyrrole nitrogens is 1. The van der Waals surface area contributed by atoms with Crippen molar-refractivity contribution < 1.29 is 9.53 Å². The summed E-state index contributed by atoms with van der Waals surface area (Å²) in [5.41, 5.74) is 7.09. The van der Waals surface area contributed by atoms with Gasteiger partial charge in [0.15, 0.2) is 0 Å². The van der Waals surface area contributed by atoms with Crippen molar-refractivity contribution in [3.8, 4) is 11.3 Å². The number of anilines is 1. The third kappa shape index (κ3) is 4.29. The first-order chi connectivity index (χ1) is 12.6. The van der Waals surface area contributed by atoms with Crippen LogP contribution in [0.4, 0.5) is 5.95 Å². The number of aromatic amines is 1. The number of nitrogens with two attached hydrogens (primary N) is 1. The molecule has 0 radical (unpaired) electrons. The van der Waals surface area contributed by atoms with Gasteiger partial charge in [0.25, 0.3) is 11.5 Å². The summed E-state index contributed by atoms with van der Waals surface area (Å²) in [6, 6.07) is 8.44. The van der Waals surface area contributed by atoms with Gasteiger partial charge in [0.1, 0.15) is 0 Å². The van der Waals surface area contributed by atoms with Crippen LogP contribution in [0.2, 0.25) is 0 Å². The van der Waals surface area contributed by atoms with Crippen LogP contribution in [0, 0.1) is 0 Å². The van der Waals surface area contributed by atoms with Crippen molar-refractivity contribution in [2.75, 3.05) is 25.4 Å². The fourth-order valence-electron chi connectivity index (χ4n) is 3.14. The number of nitrogens with zero attached hydrogens (tertiary/aromatic N) is 2. The molecule has 2 heterocycles. The highest BCUT2D eigenvalue weighted by molar-refractivity contribution is 5.94. The molecule has 0 spiro atoms. The van der Waals surface area contributed by atoms with Crippen molar-refractivity contribution in [2.45, 2.75) is 32.3 Å². The van der Waals surface area contributed by atoms with Gasteiger partial charge in [-0.25, -0.2) is 4.98 Å². The topological polar surface area (TPSA) is 101 Å². The fraction of sp³-hybridized carbons (Fsp3) is 0.421. The van der Waals surface area contributed by atoms with Gasteiger partial charge in [0.05, 0.1) is 11.8 Å². The fourth-order valence-corrected chi connectivity index (χ4v) is 3.14. The molecular weight excluding hydrogens is 332 g/mol. The standard InChI is InChI=1S/C19H24N4O3/c1-2-23(12-15-5-3-4-10-26-15)18(25)14-8-6-13(7-9-14)16-11-17(24)22-19(20)21-16/h6-9,11,15H,2-5,10,12H2,1H3,(H3,20,21,22,24)/t15-/m1/s1. The number of hydrogen-bond donors (Lipinski definition) is 2. The molecule has 26 heavy (non-hydrogen) atoms. The summed E-state index contributed by atoms with van der Waals surface area (Å²) >= 11 is 0. The quantitative estimate of drug-likeness (QED) is 0.854. The number of aromatic nitrogens is 2. The molecule has 3 rings (SSSR count). The minimum absolute atomic E-state index is 0.0217. The van der Waals surface area contributed by atoms with E-state index in [9.17, 15) is 9.59 Å². The molecule has 1 aliphatic heterocycles. The number of nitrogen functional groups attached to an aromatic ring is 1. The van der Waals surface area contributed by atoms with Gasteiger partial charge in [-0.15, -0.1) is 0 Å². The maximum Gasteiger partial charge on any atom is 0.253 e. The van der Waals surface area contributed by atoms with E-state index < -0.39 is 0 Å².